The normalized spacial score (nSPS) is 21.5. The lowest BCUT2D eigenvalue weighted by atomic mass is 9.99. The third-order valence-electron chi connectivity index (χ3n) is 4.67. The lowest BCUT2D eigenvalue weighted by Crippen LogP contribution is -2.37. The minimum atomic E-state index is -0.00190. The van der Waals surface area contributed by atoms with Crippen LogP contribution in [0.2, 0.25) is 0 Å². The van der Waals surface area contributed by atoms with Crippen LogP contribution in [-0.2, 0) is 9.53 Å². The number of morpholine rings is 1. The van der Waals surface area contributed by atoms with Crippen molar-refractivity contribution >= 4 is 23.5 Å². The molecule has 2 aliphatic rings. The fraction of sp³-hybridized carbons (Fsp3) is 0.500. The maximum absolute atomic E-state index is 12.2. The van der Waals surface area contributed by atoms with Crippen LogP contribution >= 0.6 is 11.8 Å². The summed E-state index contributed by atoms with van der Waals surface area (Å²) in [4.78, 5) is 14.5. The molecule has 0 radical (unpaired) electrons. The lowest BCUT2D eigenvalue weighted by molar-refractivity contribution is -0.119. The number of carbonyl (C=O) groups is 1. The minimum absolute atomic E-state index is 0.00190. The van der Waals surface area contributed by atoms with Crippen LogP contribution in [0.4, 0.5) is 5.95 Å². The molecule has 1 saturated carbocycles. The first-order valence-corrected chi connectivity index (χ1v) is 9.74. The van der Waals surface area contributed by atoms with Crippen molar-refractivity contribution in [1.29, 1.82) is 0 Å². The fourth-order valence-corrected chi connectivity index (χ4v) is 4.48. The molecule has 1 aromatic heterocycles. The van der Waals surface area contributed by atoms with Crippen LogP contribution in [0.3, 0.4) is 0 Å². The Morgan fingerprint density at radius 3 is 2.64 bits per heavy atom. The zero-order valence-corrected chi connectivity index (χ0v) is 15.0. The SMILES string of the molecule is O=C1CCCCC1Sc1nnc(N2CCOCC2)n1-c1ccccc1. The number of hydrogen-bond donors (Lipinski definition) is 0. The number of ether oxygens (including phenoxy) is 1. The molecule has 1 aliphatic heterocycles. The Bertz CT molecular complexity index is 728. The summed E-state index contributed by atoms with van der Waals surface area (Å²) >= 11 is 1.56. The molecule has 132 valence electrons. The van der Waals surface area contributed by atoms with Gasteiger partial charge in [0, 0.05) is 19.5 Å². The van der Waals surface area contributed by atoms with Crippen LogP contribution in [0, 0.1) is 0 Å². The van der Waals surface area contributed by atoms with Crippen LogP contribution in [0.5, 0.6) is 0 Å². The van der Waals surface area contributed by atoms with Crippen molar-refractivity contribution in [3.8, 4) is 5.69 Å². The number of aromatic nitrogens is 3. The molecule has 6 nitrogen and oxygen atoms in total. The Balaban J connectivity index is 1.68. The van der Waals surface area contributed by atoms with Crippen molar-refractivity contribution in [2.24, 2.45) is 0 Å². The summed E-state index contributed by atoms with van der Waals surface area (Å²) in [7, 11) is 0. The van der Waals surface area contributed by atoms with E-state index in [1.165, 1.54) is 0 Å². The van der Waals surface area contributed by atoms with Crippen molar-refractivity contribution in [1.82, 2.24) is 14.8 Å². The maximum Gasteiger partial charge on any atom is 0.232 e. The van der Waals surface area contributed by atoms with Gasteiger partial charge in [-0.15, -0.1) is 10.2 Å². The molecule has 1 aromatic carbocycles. The standard InChI is InChI=1S/C18H22N4O2S/c23-15-8-4-5-9-16(15)25-18-20-19-17(21-10-12-24-13-11-21)22(18)14-6-2-1-3-7-14/h1-3,6-7,16H,4-5,8-13H2. The number of rotatable bonds is 4. The van der Waals surface area contributed by atoms with E-state index in [4.69, 9.17) is 4.74 Å². The number of hydrogen-bond acceptors (Lipinski definition) is 6. The third-order valence-corrected chi connectivity index (χ3v) is 5.93. The first-order valence-electron chi connectivity index (χ1n) is 8.86. The van der Waals surface area contributed by atoms with Gasteiger partial charge in [0.1, 0.15) is 5.78 Å². The number of benzene rings is 1. The van der Waals surface area contributed by atoms with Gasteiger partial charge in [0.25, 0.3) is 0 Å². The van der Waals surface area contributed by atoms with Crippen LogP contribution in [0.15, 0.2) is 35.5 Å². The van der Waals surface area contributed by atoms with Crippen molar-refractivity contribution in [3.05, 3.63) is 30.3 Å². The van der Waals surface area contributed by atoms with Gasteiger partial charge in [-0.3, -0.25) is 9.36 Å². The van der Waals surface area contributed by atoms with Gasteiger partial charge in [0.2, 0.25) is 5.95 Å². The van der Waals surface area contributed by atoms with Crippen molar-refractivity contribution in [2.45, 2.75) is 36.1 Å². The van der Waals surface area contributed by atoms with Crippen LogP contribution in [0.1, 0.15) is 25.7 Å². The van der Waals surface area contributed by atoms with Gasteiger partial charge < -0.3 is 9.64 Å². The molecule has 0 bridgehead atoms. The summed E-state index contributed by atoms with van der Waals surface area (Å²) in [6.45, 7) is 3.01. The molecule has 1 saturated heterocycles. The Labute approximate surface area is 151 Å². The van der Waals surface area contributed by atoms with Gasteiger partial charge in [-0.05, 0) is 25.0 Å². The molecule has 25 heavy (non-hydrogen) atoms. The quantitative estimate of drug-likeness (QED) is 0.837. The van der Waals surface area contributed by atoms with Crippen molar-refractivity contribution < 1.29 is 9.53 Å². The molecule has 7 heteroatoms. The van der Waals surface area contributed by atoms with E-state index in [-0.39, 0.29) is 5.25 Å². The number of Topliss-reactive ketones (excluding diaryl/α,β-unsaturated/α-hetero) is 1. The smallest absolute Gasteiger partial charge is 0.232 e. The van der Waals surface area contributed by atoms with E-state index in [1.54, 1.807) is 11.8 Å². The minimum Gasteiger partial charge on any atom is -0.378 e. The number of nitrogens with zero attached hydrogens (tertiary/aromatic N) is 4. The summed E-state index contributed by atoms with van der Waals surface area (Å²) in [6.07, 6.45) is 3.74. The first kappa shape index (κ1) is 16.6. The number of para-hydroxylation sites is 1. The number of anilines is 1. The third kappa shape index (κ3) is 3.57. The Kier molecular flexibility index (Phi) is 5.03. The zero-order valence-electron chi connectivity index (χ0n) is 14.1. The van der Waals surface area contributed by atoms with Crippen LogP contribution in [-0.4, -0.2) is 52.1 Å². The predicted octanol–water partition coefficient (Wildman–Crippen LogP) is 2.71. The predicted molar refractivity (Wildman–Crippen MR) is 97.5 cm³/mol. The molecule has 2 heterocycles. The average molecular weight is 358 g/mol. The van der Waals surface area contributed by atoms with Gasteiger partial charge in [0.05, 0.1) is 24.2 Å². The van der Waals surface area contributed by atoms with E-state index in [9.17, 15) is 4.79 Å². The Morgan fingerprint density at radius 1 is 1.08 bits per heavy atom. The fourth-order valence-electron chi connectivity index (χ4n) is 3.31. The van der Waals surface area contributed by atoms with Crippen molar-refractivity contribution in [2.75, 3.05) is 31.2 Å². The van der Waals surface area contributed by atoms with Gasteiger partial charge >= 0.3 is 0 Å². The first-order chi connectivity index (χ1) is 12.3. The van der Waals surface area contributed by atoms with Gasteiger partial charge in [-0.25, -0.2) is 0 Å². The highest BCUT2D eigenvalue weighted by atomic mass is 32.2. The topological polar surface area (TPSA) is 60.3 Å². The highest BCUT2D eigenvalue weighted by Crippen LogP contribution is 2.34. The monoisotopic (exact) mass is 358 g/mol. The molecule has 1 atom stereocenters. The Hall–Kier alpha value is -1.86. The van der Waals surface area contributed by atoms with Crippen LogP contribution < -0.4 is 4.90 Å². The largest absolute Gasteiger partial charge is 0.378 e. The van der Waals surface area contributed by atoms with E-state index in [0.717, 1.165) is 49.1 Å². The number of carbonyl (C=O) groups excluding carboxylic acids is 1. The number of thioether (sulfide) groups is 1. The average Bonchev–Trinajstić information content (AvgIpc) is 3.09. The zero-order chi connectivity index (χ0) is 17.1. The van der Waals surface area contributed by atoms with E-state index in [0.29, 0.717) is 25.4 Å². The summed E-state index contributed by atoms with van der Waals surface area (Å²) in [5.74, 6) is 1.17. The molecule has 0 amide bonds. The van der Waals surface area contributed by atoms with Crippen molar-refractivity contribution in [3.63, 3.8) is 0 Å². The summed E-state index contributed by atoms with van der Waals surface area (Å²) in [5, 5.41) is 9.69. The van der Waals surface area contributed by atoms with Gasteiger partial charge in [-0.1, -0.05) is 36.4 Å². The maximum atomic E-state index is 12.2. The second-order valence-electron chi connectivity index (χ2n) is 6.37. The lowest BCUT2D eigenvalue weighted by Gasteiger charge is -2.28. The Morgan fingerprint density at radius 2 is 1.88 bits per heavy atom. The van der Waals surface area contributed by atoms with E-state index < -0.39 is 0 Å². The number of ketones is 1. The van der Waals surface area contributed by atoms with Gasteiger partial charge in [0.15, 0.2) is 5.16 Å². The summed E-state index contributed by atoms with van der Waals surface area (Å²) < 4.78 is 7.54. The molecule has 1 aliphatic carbocycles. The van der Waals surface area contributed by atoms with E-state index in [2.05, 4.69) is 31.8 Å². The second kappa shape index (κ2) is 7.58. The van der Waals surface area contributed by atoms with E-state index in [1.807, 2.05) is 18.2 Å². The molecule has 0 N–H and O–H groups in total. The molecule has 4 rings (SSSR count). The molecular weight excluding hydrogens is 336 g/mol. The highest BCUT2D eigenvalue weighted by molar-refractivity contribution is 8.00. The molecule has 2 aromatic rings. The molecule has 2 fully saturated rings. The highest BCUT2D eigenvalue weighted by Gasteiger charge is 2.28. The second-order valence-corrected chi connectivity index (χ2v) is 7.54. The molecule has 1 unspecified atom stereocenters. The van der Waals surface area contributed by atoms with Crippen LogP contribution in [0.25, 0.3) is 5.69 Å². The molecular formula is C18H22N4O2S. The van der Waals surface area contributed by atoms with Gasteiger partial charge in [-0.2, -0.15) is 0 Å². The van der Waals surface area contributed by atoms with E-state index >= 15 is 0 Å². The molecule has 0 spiro atoms. The summed E-state index contributed by atoms with van der Waals surface area (Å²) in [5.41, 5.74) is 1.03. The summed E-state index contributed by atoms with van der Waals surface area (Å²) in [6, 6.07) is 10.1.